The van der Waals surface area contributed by atoms with Crippen LogP contribution in [0.25, 0.3) is 22.2 Å². The Kier molecular flexibility index (Phi) is 9.22. The molecular weight excluding hydrogens is 542 g/mol. The number of allylic oxidation sites excluding steroid dienone is 2. The van der Waals surface area contributed by atoms with Crippen molar-refractivity contribution >= 4 is 16.7 Å². The Labute approximate surface area is 186 Å². The first-order valence-corrected chi connectivity index (χ1v) is 9.03. The van der Waals surface area contributed by atoms with Gasteiger partial charge in [-0.3, -0.25) is 9.78 Å². The van der Waals surface area contributed by atoms with Crippen molar-refractivity contribution in [3.63, 3.8) is 0 Å². The molecule has 0 saturated heterocycles. The van der Waals surface area contributed by atoms with Crippen molar-refractivity contribution < 1.29 is 34.7 Å². The third-order valence-electron chi connectivity index (χ3n) is 3.97. The fraction of sp³-hybridized carbons (Fsp3) is 0.250. The summed E-state index contributed by atoms with van der Waals surface area (Å²) in [4.78, 5) is 14.8. The van der Waals surface area contributed by atoms with Gasteiger partial charge >= 0.3 is 0 Å². The van der Waals surface area contributed by atoms with E-state index in [4.69, 9.17) is 14.8 Å². The number of carbonyl (C=O) groups excluding carboxylic acids is 1. The van der Waals surface area contributed by atoms with Gasteiger partial charge in [-0.1, -0.05) is 26.0 Å². The zero-order valence-corrected chi connectivity index (χ0v) is 20.0. The number of aromatic nitrogens is 1. The fourth-order valence-electron chi connectivity index (χ4n) is 2.98. The average molecular weight is 569 g/mol. The molecule has 0 spiro atoms. The number of ether oxygens (including phenoxy) is 1. The van der Waals surface area contributed by atoms with E-state index >= 15 is 0 Å². The van der Waals surface area contributed by atoms with Crippen molar-refractivity contribution in [1.82, 2.24) is 4.98 Å². The van der Waals surface area contributed by atoms with Gasteiger partial charge in [0.2, 0.25) is 0 Å². The first kappa shape index (κ1) is 24.5. The van der Waals surface area contributed by atoms with Gasteiger partial charge in [0.1, 0.15) is 5.75 Å². The van der Waals surface area contributed by atoms with Crippen LogP contribution in [0.5, 0.6) is 5.75 Å². The topological polar surface area (TPSA) is 59.4 Å². The molecule has 29 heavy (non-hydrogen) atoms. The number of rotatable bonds is 3. The first-order valence-electron chi connectivity index (χ1n) is 9.03. The Bertz CT molecular complexity index is 1020. The molecule has 1 N–H and O–H groups in total. The quantitative estimate of drug-likeness (QED) is 0.251. The molecule has 0 saturated carbocycles. The first-order chi connectivity index (χ1) is 13.2. The van der Waals surface area contributed by atoms with Gasteiger partial charge in [-0.15, -0.1) is 34.9 Å². The van der Waals surface area contributed by atoms with Gasteiger partial charge in [-0.2, -0.15) is 0 Å². The van der Waals surface area contributed by atoms with Crippen LogP contribution in [0.4, 0.5) is 0 Å². The van der Waals surface area contributed by atoms with Crippen molar-refractivity contribution in [2.45, 2.75) is 34.6 Å². The van der Waals surface area contributed by atoms with Crippen molar-refractivity contribution in [3.05, 3.63) is 71.0 Å². The Balaban J connectivity index is 0.000000456. The molecule has 1 heterocycles. The molecule has 4 nitrogen and oxygen atoms in total. The van der Waals surface area contributed by atoms with Crippen molar-refractivity contribution in [3.8, 4) is 17.0 Å². The third-order valence-corrected chi connectivity index (χ3v) is 3.97. The van der Waals surface area contributed by atoms with Gasteiger partial charge < -0.3 is 9.84 Å². The van der Waals surface area contributed by atoms with Crippen LogP contribution in [0.1, 0.15) is 30.5 Å². The number of hydrogen-bond donors (Lipinski definition) is 1. The molecule has 0 aliphatic rings. The number of methoxy groups -OCH3 is 1. The van der Waals surface area contributed by atoms with E-state index in [2.05, 4.69) is 51.1 Å². The second-order valence-electron chi connectivity index (χ2n) is 6.88. The standard InChI is InChI=1S/C19H18NO.C5H8O2.Ir/c1-12-7-13(2)9-15(8-12)17-6-5-16-18(20-17)10-14(3)11-19(16)21-4;1-4(6)3-5(2)7;/h5-8,10-11H,1-4H3;3,6H,1-2H3;/q-1;;/b;4-3-;. The number of carbonyl (C=O) groups is 1. The van der Waals surface area contributed by atoms with E-state index in [1.54, 1.807) is 7.11 Å². The van der Waals surface area contributed by atoms with E-state index in [1.807, 2.05) is 12.1 Å². The molecule has 1 aromatic heterocycles. The molecule has 0 amide bonds. The summed E-state index contributed by atoms with van der Waals surface area (Å²) in [5, 5.41) is 9.40. The number of aliphatic hydroxyl groups is 1. The molecule has 0 fully saturated rings. The van der Waals surface area contributed by atoms with Crippen molar-refractivity contribution in [2.75, 3.05) is 7.11 Å². The van der Waals surface area contributed by atoms with Crippen LogP contribution in [0.2, 0.25) is 0 Å². The summed E-state index contributed by atoms with van der Waals surface area (Å²) in [6.45, 7) is 9.06. The van der Waals surface area contributed by atoms with Crippen molar-refractivity contribution in [2.24, 2.45) is 0 Å². The molecule has 3 rings (SSSR count). The Morgan fingerprint density at radius 1 is 1.07 bits per heavy atom. The molecule has 0 bridgehead atoms. The summed E-state index contributed by atoms with van der Waals surface area (Å²) in [7, 11) is 1.69. The minimum absolute atomic E-state index is 0. The average Bonchev–Trinajstić information content (AvgIpc) is 2.58. The number of pyridine rings is 1. The van der Waals surface area contributed by atoms with E-state index in [-0.39, 0.29) is 31.6 Å². The number of aryl methyl sites for hydroxylation is 3. The van der Waals surface area contributed by atoms with Gasteiger partial charge in [0.05, 0.1) is 18.4 Å². The van der Waals surface area contributed by atoms with Gasteiger partial charge in [0.15, 0.2) is 5.78 Å². The van der Waals surface area contributed by atoms with Crippen LogP contribution >= 0.6 is 0 Å². The summed E-state index contributed by atoms with van der Waals surface area (Å²) in [6, 6.07) is 15.8. The SMILES string of the molecule is CC(=O)/C=C(/C)O.COc1cc(C)cc2nc(-c3[c-]c(C)cc(C)c3)ccc12.[Ir]. The Morgan fingerprint density at radius 2 is 1.72 bits per heavy atom. The monoisotopic (exact) mass is 569 g/mol. The zero-order chi connectivity index (χ0) is 20.8. The zero-order valence-electron chi connectivity index (χ0n) is 17.6. The van der Waals surface area contributed by atoms with Crippen molar-refractivity contribution in [1.29, 1.82) is 0 Å². The second kappa shape index (κ2) is 10.9. The molecule has 0 atom stereocenters. The van der Waals surface area contributed by atoms with Gasteiger partial charge in [-0.25, -0.2) is 0 Å². The van der Waals surface area contributed by atoms with E-state index in [1.165, 1.54) is 25.5 Å². The summed E-state index contributed by atoms with van der Waals surface area (Å²) in [5.74, 6) is 0.806. The molecule has 0 aliphatic heterocycles. The number of fused-ring (bicyclic) bond motifs is 1. The maximum Gasteiger partial charge on any atom is 0.155 e. The molecule has 0 unspecified atom stereocenters. The molecule has 2 aromatic carbocycles. The van der Waals surface area contributed by atoms with Gasteiger partial charge in [0.25, 0.3) is 0 Å². The minimum atomic E-state index is -0.125. The normalized spacial score (nSPS) is 10.6. The molecule has 3 aromatic rings. The predicted octanol–water partition coefficient (Wildman–Crippen LogP) is 5.67. The number of aliphatic hydroxyl groups excluding tert-OH is 1. The summed E-state index contributed by atoms with van der Waals surface area (Å²) in [5.41, 5.74) is 6.45. The van der Waals surface area contributed by atoms with Crippen LogP contribution in [-0.4, -0.2) is 23.0 Å². The summed E-state index contributed by atoms with van der Waals surface area (Å²) in [6.07, 6.45) is 1.17. The number of nitrogens with zero attached hydrogens (tertiary/aromatic N) is 1. The Hall–Kier alpha value is -2.49. The predicted molar refractivity (Wildman–Crippen MR) is 114 cm³/mol. The molecule has 0 aliphatic carbocycles. The van der Waals surface area contributed by atoms with Crippen LogP contribution < -0.4 is 4.74 Å². The molecule has 155 valence electrons. The van der Waals surface area contributed by atoms with Crippen LogP contribution in [0.3, 0.4) is 0 Å². The molecule has 1 radical (unpaired) electrons. The molecule has 5 heteroatoms. The number of ketones is 1. The van der Waals surface area contributed by atoms with Crippen LogP contribution in [-0.2, 0) is 24.9 Å². The second-order valence-corrected chi connectivity index (χ2v) is 6.88. The van der Waals surface area contributed by atoms with Gasteiger partial charge in [-0.05, 0) is 44.2 Å². The smallest absolute Gasteiger partial charge is 0.155 e. The summed E-state index contributed by atoms with van der Waals surface area (Å²) < 4.78 is 5.44. The van der Waals surface area contributed by atoms with E-state index < -0.39 is 0 Å². The third kappa shape index (κ3) is 7.12. The number of hydrogen-bond acceptors (Lipinski definition) is 4. The minimum Gasteiger partial charge on any atom is -0.512 e. The van der Waals surface area contributed by atoms with E-state index in [0.717, 1.165) is 39.0 Å². The van der Waals surface area contributed by atoms with Gasteiger partial charge in [0, 0.05) is 31.6 Å². The van der Waals surface area contributed by atoms with E-state index in [0.29, 0.717) is 0 Å². The maximum atomic E-state index is 10.0. The fourth-order valence-corrected chi connectivity index (χ4v) is 2.98. The largest absolute Gasteiger partial charge is 0.512 e. The Morgan fingerprint density at radius 3 is 2.24 bits per heavy atom. The van der Waals surface area contributed by atoms with Crippen LogP contribution in [0.15, 0.2) is 48.2 Å². The molecular formula is C24H26IrNO3-. The maximum absolute atomic E-state index is 10.0. The summed E-state index contributed by atoms with van der Waals surface area (Å²) >= 11 is 0. The van der Waals surface area contributed by atoms with Crippen LogP contribution in [0, 0.1) is 26.8 Å². The number of benzene rings is 2. The van der Waals surface area contributed by atoms with E-state index in [9.17, 15) is 4.79 Å².